The Morgan fingerprint density at radius 2 is 2.11 bits per heavy atom. The maximum absolute atomic E-state index is 12.5. The molecule has 0 aromatic carbocycles. The van der Waals surface area contributed by atoms with Crippen molar-refractivity contribution < 1.29 is 4.79 Å². The molecule has 0 spiro atoms. The van der Waals surface area contributed by atoms with Gasteiger partial charge in [-0.2, -0.15) is 0 Å². The normalized spacial score (nSPS) is 16.7. The standard InChI is InChI=1S/C15H19N3O/c1-17(12-7-3-2-4-8-12)15(19)13-11-18-10-6-5-9-14(18)16-13/h5-6,9-12H,2-4,7-8H2,1H3. The van der Waals surface area contributed by atoms with E-state index in [1.165, 1.54) is 19.3 Å². The summed E-state index contributed by atoms with van der Waals surface area (Å²) >= 11 is 0. The fraction of sp³-hybridized carbons (Fsp3) is 0.467. The number of carbonyl (C=O) groups is 1. The molecule has 3 rings (SSSR count). The molecule has 2 aromatic heterocycles. The Bertz CT molecular complexity index is 551. The summed E-state index contributed by atoms with van der Waals surface area (Å²) < 4.78 is 1.89. The lowest BCUT2D eigenvalue weighted by Gasteiger charge is -2.30. The predicted molar refractivity (Wildman–Crippen MR) is 74.2 cm³/mol. The zero-order valence-corrected chi connectivity index (χ0v) is 11.2. The van der Waals surface area contributed by atoms with E-state index in [1.54, 1.807) is 0 Å². The molecule has 1 aliphatic rings. The van der Waals surface area contributed by atoms with Crippen LogP contribution in [-0.4, -0.2) is 33.3 Å². The van der Waals surface area contributed by atoms with Crippen molar-refractivity contribution in [2.45, 2.75) is 38.1 Å². The molecule has 0 saturated heterocycles. The van der Waals surface area contributed by atoms with Gasteiger partial charge in [0.1, 0.15) is 11.3 Å². The van der Waals surface area contributed by atoms with E-state index in [9.17, 15) is 4.79 Å². The first-order chi connectivity index (χ1) is 9.25. The number of carbonyl (C=O) groups excluding carboxylic acids is 1. The molecule has 2 heterocycles. The van der Waals surface area contributed by atoms with Crippen LogP contribution in [0.1, 0.15) is 42.6 Å². The number of nitrogens with zero attached hydrogens (tertiary/aromatic N) is 3. The summed E-state index contributed by atoms with van der Waals surface area (Å²) in [4.78, 5) is 18.7. The lowest BCUT2D eigenvalue weighted by atomic mass is 9.94. The van der Waals surface area contributed by atoms with Crippen molar-refractivity contribution in [1.82, 2.24) is 14.3 Å². The Labute approximate surface area is 113 Å². The minimum atomic E-state index is 0.0376. The number of aromatic nitrogens is 2. The molecule has 1 aliphatic carbocycles. The number of pyridine rings is 1. The van der Waals surface area contributed by atoms with Gasteiger partial charge in [0.05, 0.1) is 0 Å². The predicted octanol–water partition coefficient (Wildman–Crippen LogP) is 2.74. The van der Waals surface area contributed by atoms with E-state index < -0.39 is 0 Å². The lowest BCUT2D eigenvalue weighted by molar-refractivity contribution is 0.0691. The summed E-state index contributed by atoms with van der Waals surface area (Å²) in [5, 5.41) is 0. The fourth-order valence-electron chi connectivity index (χ4n) is 2.85. The van der Waals surface area contributed by atoms with Crippen LogP contribution in [-0.2, 0) is 0 Å². The van der Waals surface area contributed by atoms with E-state index in [1.807, 2.05) is 46.9 Å². The molecule has 19 heavy (non-hydrogen) atoms. The second kappa shape index (κ2) is 5.03. The first kappa shape index (κ1) is 12.2. The van der Waals surface area contributed by atoms with Gasteiger partial charge in [-0.05, 0) is 25.0 Å². The Morgan fingerprint density at radius 1 is 1.32 bits per heavy atom. The Morgan fingerprint density at radius 3 is 2.84 bits per heavy atom. The molecule has 1 amide bonds. The highest BCUT2D eigenvalue weighted by Gasteiger charge is 2.24. The number of amides is 1. The van der Waals surface area contributed by atoms with E-state index in [-0.39, 0.29) is 5.91 Å². The molecule has 100 valence electrons. The average Bonchev–Trinajstić information content (AvgIpc) is 2.90. The molecule has 2 aromatic rings. The number of hydrogen-bond donors (Lipinski definition) is 0. The smallest absolute Gasteiger partial charge is 0.274 e. The summed E-state index contributed by atoms with van der Waals surface area (Å²) in [5.74, 6) is 0.0376. The maximum Gasteiger partial charge on any atom is 0.274 e. The Hall–Kier alpha value is -1.84. The van der Waals surface area contributed by atoms with Crippen LogP contribution < -0.4 is 0 Å². The Balaban J connectivity index is 1.82. The summed E-state index contributed by atoms with van der Waals surface area (Å²) in [6.07, 6.45) is 9.73. The third-order valence-corrected chi connectivity index (χ3v) is 4.03. The van der Waals surface area contributed by atoms with Gasteiger partial charge in [0.15, 0.2) is 0 Å². The molecule has 0 bridgehead atoms. The molecule has 4 heteroatoms. The van der Waals surface area contributed by atoms with Crippen LogP contribution in [0.5, 0.6) is 0 Å². The van der Waals surface area contributed by atoms with E-state index in [2.05, 4.69) is 4.98 Å². The number of imidazole rings is 1. The lowest BCUT2D eigenvalue weighted by Crippen LogP contribution is -2.38. The largest absolute Gasteiger partial charge is 0.337 e. The minimum absolute atomic E-state index is 0.0376. The fourth-order valence-corrected chi connectivity index (χ4v) is 2.85. The topological polar surface area (TPSA) is 37.6 Å². The zero-order chi connectivity index (χ0) is 13.2. The number of rotatable bonds is 2. The van der Waals surface area contributed by atoms with Gasteiger partial charge < -0.3 is 9.30 Å². The second-order valence-electron chi connectivity index (χ2n) is 5.30. The van der Waals surface area contributed by atoms with Crippen molar-refractivity contribution >= 4 is 11.6 Å². The van der Waals surface area contributed by atoms with Crippen molar-refractivity contribution in [1.29, 1.82) is 0 Å². The van der Waals surface area contributed by atoms with Crippen molar-refractivity contribution in [3.63, 3.8) is 0 Å². The van der Waals surface area contributed by atoms with Crippen LogP contribution >= 0.6 is 0 Å². The molecular weight excluding hydrogens is 238 g/mol. The van der Waals surface area contributed by atoms with Crippen molar-refractivity contribution in [2.24, 2.45) is 0 Å². The first-order valence-electron chi connectivity index (χ1n) is 6.96. The molecule has 0 aliphatic heterocycles. The van der Waals surface area contributed by atoms with Crippen LogP contribution in [0.4, 0.5) is 0 Å². The van der Waals surface area contributed by atoms with Crippen LogP contribution in [0.15, 0.2) is 30.6 Å². The van der Waals surface area contributed by atoms with Crippen LogP contribution in [0.25, 0.3) is 5.65 Å². The number of fused-ring (bicyclic) bond motifs is 1. The van der Waals surface area contributed by atoms with Crippen molar-refractivity contribution in [3.05, 3.63) is 36.3 Å². The molecule has 0 unspecified atom stereocenters. The third-order valence-electron chi connectivity index (χ3n) is 4.03. The van der Waals surface area contributed by atoms with Gasteiger partial charge >= 0.3 is 0 Å². The van der Waals surface area contributed by atoms with E-state index >= 15 is 0 Å². The van der Waals surface area contributed by atoms with Crippen molar-refractivity contribution in [2.75, 3.05) is 7.05 Å². The van der Waals surface area contributed by atoms with Crippen LogP contribution in [0.3, 0.4) is 0 Å². The molecule has 0 radical (unpaired) electrons. The minimum Gasteiger partial charge on any atom is -0.337 e. The molecule has 4 nitrogen and oxygen atoms in total. The third kappa shape index (κ3) is 2.35. The van der Waals surface area contributed by atoms with Crippen LogP contribution in [0, 0.1) is 0 Å². The quantitative estimate of drug-likeness (QED) is 0.829. The van der Waals surface area contributed by atoms with E-state index in [0.717, 1.165) is 18.5 Å². The highest BCUT2D eigenvalue weighted by Crippen LogP contribution is 2.22. The maximum atomic E-state index is 12.5. The summed E-state index contributed by atoms with van der Waals surface area (Å²) in [7, 11) is 1.91. The molecule has 0 atom stereocenters. The monoisotopic (exact) mass is 257 g/mol. The highest BCUT2D eigenvalue weighted by atomic mass is 16.2. The summed E-state index contributed by atoms with van der Waals surface area (Å²) in [6.45, 7) is 0. The van der Waals surface area contributed by atoms with Gasteiger partial charge in [-0.25, -0.2) is 4.98 Å². The van der Waals surface area contributed by atoms with Gasteiger partial charge in [0.25, 0.3) is 5.91 Å². The number of hydrogen-bond acceptors (Lipinski definition) is 2. The second-order valence-corrected chi connectivity index (χ2v) is 5.30. The van der Waals surface area contributed by atoms with Gasteiger partial charge in [-0.1, -0.05) is 25.3 Å². The summed E-state index contributed by atoms with van der Waals surface area (Å²) in [6, 6.07) is 6.16. The van der Waals surface area contributed by atoms with E-state index in [4.69, 9.17) is 0 Å². The molecular formula is C15H19N3O. The summed E-state index contributed by atoms with van der Waals surface area (Å²) in [5.41, 5.74) is 1.36. The molecule has 1 fully saturated rings. The van der Waals surface area contributed by atoms with E-state index in [0.29, 0.717) is 11.7 Å². The average molecular weight is 257 g/mol. The van der Waals surface area contributed by atoms with Gasteiger partial charge in [0, 0.05) is 25.5 Å². The SMILES string of the molecule is CN(C(=O)c1cn2ccccc2n1)C1CCCCC1. The highest BCUT2D eigenvalue weighted by molar-refractivity contribution is 5.93. The first-order valence-corrected chi connectivity index (χ1v) is 6.96. The zero-order valence-electron chi connectivity index (χ0n) is 11.2. The van der Waals surface area contributed by atoms with Crippen molar-refractivity contribution in [3.8, 4) is 0 Å². The van der Waals surface area contributed by atoms with Gasteiger partial charge in [-0.3, -0.25) is 4.79 Å². The van der Waals surface area contributed by atoms with Gasteiger partial charge in [-0.15, -0.1) is 0 Å². The molecule has 0 N–H and O–H groups in total. The van der Waals surface area contributed by atoms with Gasteiger partial charge in [0.2, 0.25) is 0 Å². The molecule has 1 saturated carbocycles. The Kier molecular flexibility index (Phi) is 3.23. The van der Waals surface area contributed by atoms with Crippen LogP contribution in [0.2, 0.25) is 0 Å².